The third-order valence-corrected chi connectivity index (χ3v) is 3.40. The highest BCUT2D eigenvalue weighted by Crippen LogP contribution is 2.21. The van der Waals surface area contributed by atoms with Crippen LogP contribution in [0.5, 0.6) is 0 Å². The van der Waals surface area contributed by atoms with Crippen LogP contribution in [0.1, 0.15) is 32.0 Å². The second-order valence-corrected chi connectivity index (χ2v) is 6.52. The van der Waals surface area contributed by atoms with E-state index in [2.05, 4.69) is 11.8 Å². The zero-order valence-corrected chi connectivity index (χ0v) is 14.0. The molecule has 0 aliphatic rings. The second-order valence-electron chi connectivity index (χ2n) is 6.52. The van der Waals surface area contributed by atoms with Crippen LogP contribution in [-0.4, -0.2) is 16.3 Å². The first kappa shape index (κ1) is 15.9. The molecule has 1 aromatic heterocycles. The molecule has 24 heavy (non-hydrogen) atoms. The lowest BCUT2D eigenvalue weighted by atomic mass is 10.2. The molecule has 0 aliphatic heterocycles. The third-order valence-electron chi connectivity index (χ3n) is 3.40. The lowest BCUT2D eigenvalue weighted by Gasteiger charge is -2.20. The molecule has 2 aromatic carbocycles. The van der Waals surface area contributed by atoms with Gasteiger partial charge in [-0.2, -0.15) is 0 Å². The van der Waals surface area contributed by atoms with E-state index < -0.39 is 11.7 Å². The highest BCUT2D eigenvalue weighted by atomic mass is 16.6. The molecule has 0 fully saturated rings. The Morgan fingerprint density at radius 2 is 1.62 bits per heavy atom. The van der Waals surface area contributed by atoms with E-state index in [1.807, 2.05) is 81.4 Å². The molecule has 120 valence electrons. The minimum absolute atomic E-state index is 0.416. The van der Waals surface area contributed by atoms with Crippen LogP contribution in [0.15, 0.2) is 60.7 Å². The van der Waals surface area contributed by atoms with Crippen molar-refractivity contribution in [3.63, 3.8) is 0 Å². The van der Waals surface area contributed by atoms with Gasteiger partial charge in [-0.15, -0.1) is 0 Å². The van der Waals surface area contributed by atoms with Gasteiger partial charge in [0, 0.05) is 10.9 Å². The Kier molecular flexibility index (Phi) is 4.14. The summed E-state index contributed by atoms with van der Waals surface area (Å²) in [7, 11) is 0. The van der Waals surface area contributed by atoms with Crippen molar-refractivity contribution < 1.29 is 9.53 Å². The molecule has 3 heteroatoms. The lowest BCUT2D eigenvalue weighted by molar-refractivity contribution is 0.0543. The number of fused-ring (bicyclic) bond motifs is 1. The van der Waals surface area contributed by atoms with E-state index in [-0.39, 0.29) is 0 Å². The van der Waals surface area contributed by atoms with Crippen LogP contribution >= 0.6 is 0 Å². The van der Waals surface area contributed by atoms with Gasteiger partial charge < -0.3 is 4.74 Å². The number of ether oxygens (including phenoxy) is 1. The van der Waals surface area contributed by atoms with Gasteiger partial charge in [-0.1, -0.05) is 42.3 Å². The number of hydrogen-bond acceptors (Lipinski definition) is 2. The minimum Gasteiger partial charge on any atom is -0.443 e. The SMILES string of the molecule is CC(C)(C)OC(=O)n1c(C#Cc2ccccc2)cc2ccccc21. The number of hydrogen-bond donors (Lipinski definition) is 0. The van der Waals surface area contributed by atoms with E-state index in [9.17, 15) is 4.79 Å². The number of aromatic nitrogens is 1. The topological polar surface area (TPSA) is 31.2 Å². The molecule has 0 amide bonds. The van der Waals surface area contributed by atoms with Crippen molar-refractivity contribution in [1.29, 1.82) is 0 Å². The molecule has 0 radical (unpaired) electrons. The Hall–Kier alpha value is -2.99. The van der Waals surface area contributed by atoms with Crippen LogP contribution in [-0.2, 0) is 4.74 Å². The van der Waals surface area contributed by atoms with E-state index >= 15 is 0 Å². The molecule has 0 unspecified atom stereocenters. The van der Waals surface area contributed by atoms with Crippen LogP contribution in [0.4, 0.5) is 4.79 Å². The van der Waals surface area contributed by atoms with Gasteiger partial charge in [0.05, 0.1) is 5.52 Å². The third kappa shape index (κ3) is 3.49. The van der Waals surface area contributed by atoms with Gasteiger partial charge in [-0.05, 0) is 51.0 Å². The summed E-state index contributed by atoms with van der Waals surface area (Å²) in [5.41, 5.74) is 1.75. The van der Waals surface area contributed by atoms with Crippen LogP contribution in [0, 0.1) is 11.8 Å². The van der Waals surface area contributed by atoms with Crippen LogP contribution in [0.25, 0.3) is 10.9 Å². The monoisotopic (exact) mass is 317 g/mol. The predicted molar refractivity (Wildman–Crippen MR) is 96.0 cm³/mol. The number of para-hydroxylation sites is 1. The summed E-state index contributed by atoms with van der Waals surface area (Å²) in [6.07, 6.45) is -0.416. The molecule has 0 atom stereocenters. The second kappa shape index (κ2) is 6.25. The number of carbonyl (C=O) groups is 1. The zero-order chi connectivity index (χ0) is 17.2. The number of nitrogens with zero attached hydrogens (tertiary/aromatic N) is 1. The van der Waals surface area contributed by atoms with Crippen molar-refractivity contribution in [1.82, 2.24) is 4.57 Å². The predicted octanol–water partition coefficient (Wildman–Crippen LogP) is 4.82. The van der Waals surface area contributed by atoms with Gasteiger partial charge >= 0.3 is 6.09 Å². The molecule has 1 heterocycles. The van der Waals surface area contributed by atoms with Crippen molar-refractivity contribution in [2.75, 3.05) is 0 Å². The van der Waals surface area contributed by atoms with Gasteiger partial charge in [0.25, 0.3) is 0 Å². The molecule has 3 rings (SSSR count). The van der Waals surface area contributed by atoms with Crippen molar-refractivity contribution in [2.24, 2.45) is 0 Å². The Morgan fingerprint density at radius 3 is 2.33 bits per heavy atom. The Morgan fingerprint density at radius 1 is 0.958 bits per heavy atom. The fraction of sp³-hybridized carbons (Fsp3) is 0.190. The summed E-state index contributed by atoms with van der Waals surface area (Å²) in [5, 5.41) is 0.959. The van der Waals surface area contributed by atoms with E-state index in [1.165, 1.54) is 4.57 Å². The molecular formula is C21H19NO2. The van der Waals surface area contributed by atoms with E-state index in [0.717, 1.165) is 16.5 Å². The van der Waals surface area contributed by atoms with Gasteiger partial charge in [0.2, 0.25) is 0 Å². The van der Waals surface area contributed by atoms with Gasteiger partial charge in [-0.25, -0.2) is 9.36 Å². The summed E-state index contributed by atoms with van der Waals surface area (Å²) < 4.78 is 7.08. The fourth-order valence-corrected chi connectivity index (χ4v) is 2.41. The first-order valence-electron chi connectivity index (χ1n) is 7.85. The first-order chi connectivity index (χ1) is 11.4. The van der Waals surface area contributed by atoms with E-state index in [4.69, 9.17) is 4.74 Å². The zero-order valence-electron chi connectivity index (χ0n) is 14.0. The Labute approximate surface area is 141 Å². The number of carbonyl (C=O) groups excluding carboxylic acids is 1. The maximum Gasteiger partial charge on any atom is 0.420 e. The van der Waals surface area contributed by atoms with Crippen LogP contribution in [0.3, 0.4) is 0 Å². The Bertz CT molecular complexity index is 935. The van der Waals surface area contributed by atoms with Gasteiger partial charge in [0.15, 0.2) is 0 Å². The fourth-order valence-electron chi connectivity index (χ4n) is 2.41. The van der Waals surface area contributed by atoms with E-state index in [1.54, 1.807) is 0 Å². The first-order valence-corrected chi connectivity index (χ1v) is 7.85. The maximum absolute atomic E-state index is 12.6. The molecule has 0 bridgehead atoms. The average molecular weight is 317 g/mol. The highest BCUT2D eigenvalue weighted by molar-refractivity contribution is 5.92. The normalized spacial score (nSPS) is 11.0. The average Bonchev–Trinajstić information content (AvgIpc) is 2.91. The van der Waals surface area contributed by atoms with Crippen molar-refractivity contribution in [2.45, 2.75) is 26.4 Å². The molecule has 3 aromatic rings. The maximum atomic E-state index is 12.6. The lowest BCUT2D eigenvalue weighted by Crippen LogP contribution is -2.27. The smallest absolute Gasteiger partial charge is 0.420 e. The van der Waals surface area contributed by atoms with Gasteiger partial charge in [-0.3, -0.25) is 0 Å². The molecule has 0 saturated heterocycles. The highest BCUT2D eigenvalue weighted by Gasteiger charge is 2.21. The molecular weight excluding hydrogens is 298 g/mol. The summed E-state index contributed by atoms with van der Waals surface area (Å²) in [6.45, 7) is 5.56. The largest absolute Gasteiger partial charge is 0.443 e. The van der Waals surface area contributed by atoms with Gasteiger partial charge in [0.1, 0.15) is 11.3 Å². The van der Waals surface area contributed by atoms with Crippen molar-refractivity contribution in [3.8, 4) is 11.8 Å². The molecule has 0 spiro atoms. The number of rotatable bonds is 0. The van der Waals surface area contributed by atoms with E-state index in [0.29, 0.717) is 5.69 Å². The van der Waals surface area contributed by atoms with Crippen LogP contribution < -0.4 is 0 Å². The molecule has 0 saturated carbocycles. The quantitative estimate of drug-likeness (QED) is 0.556. The summed E-state index contributed by atoms with van der Waals surface area (Å²) in [4.78, 5) is 12.6. The molecule has 3 nitrogen and oxygen atoms in total. The molecule has 0 N–H and O–H groups in total. The Balaban J connectivity index is 2.09. The van der Waals surface area contributed by atoms with Crippen molar-refractivity contribution in [3.05, 3.63) is 71.9 Å². The molecule has 0 aliphatic carbocycles. The summed E-state index contributed by atoms with van der Waals surface area (Å²) in [6, 6.07) is 19.3. The summed E-state index contributed by atoms with van der Waals surface area (Å²) >= 11 is 0. The minimum atomic E-state index is -0.563. The van der Waals surface area contributed by atoms with Crippen molar-refractivity contribution >= 4 is 17.0 Å². The standard InChI is InChI=1S/C21H19NO2/c1-21(2,3)24-20(23)22-18(14-13-16-9-5-4-6-10-16)15-17-11-7-8-12-19(17)22/h4-12,15H,1-3H3. The summed E-state index contributed by atoms with van der Waals surface area (Å²) in [5.74, 6) is 6.20. The van der Waals surface area contributed by atoms with Crippen LogP contribution in [0.2, 0.25) is 0 Å². The number of benzene rings is 2.